The summed E-state index contributed by atoms with van der Waals surface area (Å²) < 4.78 is 0. The molecule has 2 aromatic carbocycles. The van der Waals surface area contributed by atoms with Crippen molar-refractivity contribution in [2.45, 2.75) is 13.8 Å². The van der Waals surface area contributed by atoms with Gasteiger partial charge in [0.15, 0.2) is 0 Å². The zero-order valence-corrected chi connectivity index (χ0v) is 14.6. The molecule has 0 saturated heterocycles. The first-order valence-corrected chi connectivity index (χ1v) is 7.79. The van der Waals surface area contributed by atoms with Crippen molar-refractivity contribution in [2.24, 2.45) is 5.10 Å². The lowest BCUT2D eigenvalue weighted by molar-refractivity contribution is -0.136. The topological polar surface area (TPSA) is 70.6 Å². The Kier molecular flexibility index (Phi) is 5.95. The fraction of sp³-hybridized carbons (Fsp3) is 0.118. The fourth-order valence-electron chi connectivity index (χ4n) is 1.88. The van der Waals surface area contributed by atoms with Crippen LogP contribution in [-0.4, -0.2) is 18.0 Å². The Balaban J connectivity index is 1.99. The first kappa shape index (κ1) is 18.0. The van der Waals surface area contributed by atoms with E-state index in [4.69, 9.17) is 23.2 Å². The first-order chi connectivity index (χ1) is 11.4. The van der Waals surface area contributed by atoms with Crippen molar-refractivity contribution in [1.82, 2.24) is 5.43 Å². The summed E-state index contributed by atoms with van der Waals surface area (Å²) in [5.41, 5.74) is 5.09. The van der Waals surface area contributed by atoms with Crippen LogP contribution in [0, 0.1) is 13.8 Å². The summed E-state index contributed by atoms with van der Waals surface area (Å²) >= 11 is 11.9. The summed E-state index contributed by atoms with van der Waals surface area (Å²) in [5, 5.41) is 6.96. The SMILES string of the molecule is Cc1ccc(C)c(NC(=O)C(=O)N/N=C\c2cccc(Cl)c2Cl)c1. The number of halogens is 2. The van der Waals surface area contributed by atoms with Gasteiger partial charge >= 0.3 is 11.8 Å². The van der Waals surface area contributed by atoms with Crippen LogP contribution in [0.4, 0.5) is 5.69 Å². The van der Waals surface area contributed by atoms with Crippen molar-refractivity contribution in [3.63, 3.8) is 0 Å². The molecule has 0 aliphatic carbocycles. The molecule has 2 amide bonds. The maximum Gasteiger partial charge on any atom is 0.329 e. The second-order valence-electron chi connectivity index (χ2n) is 5.11. The van der Waals surface area contributed by atoms with E-state index in [2.05, 4.69) is 15.8 Å². The predicted molar refractivity (Wildman–Crippen MR) is 96.7 cm³/mol. The van der Waals surface area contributed by atoms with Gasteiger partial charge in [0.25, 0.3) is 0 Å². The van der Waals surface area contributed by atoms with Crippen LogP contribution in [0.1, 0.15) is 16.7 Å². The van der Waals surface area contributed by atoms with Crippen LogP contribution >= 0.6 is 23.2 Å². The standard InChI is InChI=1S/C17H15Cl2N3O2/c1-10-6-7-11(2)14(8-10)21-16(23)17(24)22-20-9-12-4-3-5-13(18)15(12)19/h3-9H,1-2H3,(H,21,23)(H,22,24)/b20-9-. The summed E-state index contributed by atoms with van der Waals surface area (Å²) in [4.78, 5) is 23.7. The summed E-state index contributed by atoms with van der Waals surface area (Å²) in [5.74, 6) is -1.69. The molecule has 2 aromatic rings. The number of nitrogens with one attached hydrogen (secondary N) is 2. The number of rotatable bonds is 3. The van der Waals surface area contributed by atoms with Gasteiger partial charge in [-0.2, -0.15) is 5.10 Å². The quantitative estimate of drug-likeness (QED) is 0.495. The van der Waals surface area contributed by atoms with Crippen LogP contribution in [-0.2, 0) is 9.59 Å². The number of benzene rings is 2. The zero-order chi connectivity index (χ0) is 17.7. The van der Waals surface area contributed by atoms with Gasteiger partial charge in [-0.25, -0.2) is 5.43 Å². The highest BCUT2D eigenvalue weighted by molar-refractivity contribution is 6.43. The lowest BCUT2D eigenvalue weighted by Crippen LogP contribution is -2.32. The number of anilines is 1. The first-order valence-electron chi connectivity index (χ1n) is 7.04. The van der Waals surface area contributed by atoms with E-state index in [-0.39, 0.29) is 0 Å². The molecule has 2 N–H and O–H groups in total. The number of hydrazone groups is 1. The highest BCUT2D eigenvalue weighted by Crippen LogP contribution is 2.24. The molecule has 0 saturated carbocycles. The summed E-state index contributed by atoms with van der Waals surface area (Å²) in [7, 11) is 0. The summed E-state index contributed by atoms with van der Waals surface area (Å²) in [6.07, 6.45) is 1.32. The van der Waals surface area contributed by atoms with Gasteiger partial charge in [0, 0.05) is 11.3 Å². The Morgan fingerprint density at radius 3 is 2.58 bits per heavy atom. The molecule has 2 rings (SSSR count). The number of nitrogens with zero attached hydrogens (tertiary/aromatic N) is 1. The average Bonchev–Trinajstić information content (AvgIpc) is 2.54. The molecule has 24 heavy (non-hydrogen) atoms. The maximum absolute atomic E-state index is 11.9. The smallest absolute Gasteiger partial charge is 0.317 e. The van der Waals surface area contributed by atoms with Gasteiger partial charge in [-0.1, -0.05) is 47.5 Å². The minimum atomic E-state index is -0.884. The Morgan fingerprint density at radius 1 is 1.08 bits per heavy atom. The molecule has 0 aliphatic rings. The van der Waals surface area contributed by atoms with E-state index in [9.17, 15) is 9.59 Å². The van der Waals surface area contributed by atoms with Gasteiger partial charge < -0.3 is 5.32 Å². The van der Waals surface area contributed by atoms with Crippen LogP contribution in [0.15, 0.2) is 41.5 Å². The average molecular weight is 364 g/mol. The van der Waals surface area contributed by atoms with Crippen molar-refractivity contribution in [1.29, 1.82) is 0 Å². The van der Waals surface area contributed by atoms with Crippen LogP contribution < -0.4 is 10.7 Å². The largest absolute Gasteiger partial charge is 0.329 e. The molecule has 0 heterocycles. The van der Waals surface area contributed by atoms with Gasteiger partial charge in [-0.3, -0.25) is 9.59 Å². The van der Waals surface area contributed by atoms with Crippen LogP contribution in [0.2, 0.25) is 10.0 Å². The molecule has 0 aliphatic heterocycles. The number of carbonyl (C=O) groups is 2. The molecule has 124 valence electrons. The van der Waals surface area contributed by atoms with E-state index in [0.29, 0.717) is 21.3 Å². The fourth-order valence-corrected chi connectivity index (χ4v) is 2.24. The Labute approximate surface area is 149 Å². The normalized spacial score (nSPS) is 10.7. The third-order valence-electron chi connectivity index (χ3n) is 3.20. The van der Waals surface area contributed by atoms with Crippen molar-refractivity contribution in [3.8, 4) is 0 Å². The molecule has 7 heteroatoms. The van der Waals surface area contributed by atoms with Crippen LogP contribution in [0.3, 0.4) is 0 Å². The van der Waals surface area contributed by atoms with Gasteiger partial charge in [0.1, 0.15) is 0 Å². The molecular formula is C17H15Cl2N3O2. The number of hydrogen-bond donors (Lipinski definition) is 2. The number of amides is 2. The molecule has 0 spiro atoms. The minimum Gasteiger partial charge on any atom is -0.317 e. The Bertz CT molecular complexity index is 819. The lowest BCUT2D eigenvalue weighted by atomic mass is 10.1. The molecule has 0 aromatic heterocycles. The molecular weight excluding hydrogens is 349 g/mol. The Hall–Kier alpha value is -2.37. The van der Waals surface area contributed by atoms with E-state index < -0.39 is 11.8 Å². The molecule has 0 fully saturated rings. The molecule has 5 nitrogen and oxygen atoms in total. The van der Waals surface area contributed by atoms with Crippen LogP contribution in [0.5, 0.6) is 0 Å². The number of hydrogen-bond acceptors (Lipinski definition) is 3. The van der Waals surface area contributed by atoms with Gasteiger partial charge in [-0.05, 0) is 37.1 Å². The maximum atomic E-state index is 11.9. The molecule has 0 atom stereocenters. The second-order valence-corrected chi connectivity index (χ2v) is 5.90. The third kappa shape index (κ3) is 4.57. The second kappa shape index (κ2) is 7.95. The van der Waals surface area contributed by atoms with E-state index >= 15 is 0 Å². The Morgan fingerprint density at radius 2 is 1.83 bits per heavy atom. The van der Waals surface area contributed by atoms with E-state index in [1.165, 1.54) is 6.21 Å². The van der Waals surface area contributed by atoms with Gasteiger partial charge in [0.05, 0.1) is 16.3 Å². The molecule has 0 bridgehead atoms. The highest BCUT2D eigenvalue weighted by Gasteiger charge is 2.14. The predicted octanol–water partition coefficient (Wildman–Crippen LogP) is 3.70. The van der Waals surface area contributed by atoms with Gasteiger partial charge in [-0.15, -0.1) is 0 Å². The monoisotopic (exact) mass is 363 g/mol. The number of aryl methyl sites for hydroxylation is 2. The van der Waals surface area contributed by atoms with Crippen LogP contribution in [0.25, 0.3) is 0 Å². The molecule has 0 radical (unpaired) electrons. The zero-order valence-electron chi connectivity index (χ0n) is 13.1. The van der Waals surface area contributed by atoms with Crippen molar-refractivity contribution >= 4 is 46.9 Å². The highest BCUT2D eigenvalue weighted by atomic mass is 35.5. The number of carbonyl (C=O) groups excluding carboxylic acids is 2. The van der Waals surface area contributed by atoms with E-state index in [0.717, 1.165) is 11.1 Å². The van der Waals surface area contributed by atoms with Crippen molar-refractivity contribution in [3.05, 3.63) is 63.1 Å². The summed E-state index contributed by atoms with van der Waals surface area (Å²) in [6, 6.07) is 10.6. The van der Waals surface area contributed by atoms with E-state index in [1.54, 1.807) is 24.3 Å². The van der Waals surface area contributed by atoms with E-state index in [1.807, 2.05) is 26.0 Å². The third-order valence-corrected chi connectivity index (χ3v) is 4.03. The lowest BCUT2D eigenvalue weighted by Gasteiger charge is -2.08. The van der Waals surface area contributed by atoms with Gasteiger partial charge in [0.2, 0.25) is 0 Å². The van der Waals surface area contributed by atoms with Crippen molar-refractivity contribution < 1.29 is 9.59 Å². The summed E-state index contributed by atoms with van der Waals surface area (Å²) in [6.45, 7) is 3.74. The molecule has 0 unspecified atom stereocenters. The minimum absolute atomic E-state index is 0.317. The van der Waals surface area contributed by atoms with Crippen molar-refractivity contribution in [2.75, 3.05) is 5.32 Å².